The van der Waals surface area contributed by atoms with E-state index in [0.29, 0.717) is 16.2 Å². The number of imide groups is 2. The number of hydrogen-bond donors (Lipinski definition) is 1. The van der Waals surface area contributed by atoms with Crippen LogP contribution >= 0.6 is 27.5 Å². The molecule has 0 aliphatic carbocycles. The zero-order valence-corrected chi connectivity index (χ0v) is 20.1. The predicted molar refractivity (Wildman–Crippen MR) is 132 cm³/mol. The Hall–Kier alpha value is -4.02. The second-order valence-electron chi connectivity index (χ2n) is 7.34. The fraction of sp³-hybridized carbons (Fsp3) is 0.0417. The van der Waals surface area contributed by atoms with Crippen LogP contribution in [0.3, 0.4) is 0 Å². The van der Waals surface area contributed by atoms with Crippen LogP contribution in [0.15, 0.2) is 76.8 Å². The molecular weight excluding hydrogens is 542 g/mol. The van der Waals surface area contributed by atoms with Gasteiger partial charge in [-0.3, -0.25) is 25.0 Å². The monoisotopic (exact) mass is 555 g/mol. The molecule has 1 heterocycles. The van der Waals surface area contributed by atoms with Crippen LogP contribution in [0, 0.1) is 10.1 Å². The number of non-ortho nitro benzene ring substituents is 1. The van der Waals surface area contributed by atoms with E-state index < -0.39 is 22.8 Å². The molecule has 1 aliphatic heterocycles. The van der Waals surface area contributed by atoms with Crippen molar-refractivity contribution in [2.24, 2.45) is 0 Å². The van der Waals surface area contributed by atoms with E-state index in [1.54, 1.807) is 12.1 Å². The second kappa shape index (κ2) is 10.1. The van der Waals surface area contributed by atoms with Crippen LogP contribution in [0.5, 0.6) is 5.75 Å². The number of halogens is 2. The van der Waals surface area contributed by atoms with Gasteiger partial charge in [-0.05, 0) is 47.5 Å². The van der Waals surface area contributed by atoms with Crippen molar-refractivity contribution in [3.63, 3.8) is 0 Å². The Balaban J connectivity index is 1.57. The molecule has 3 aromatic rings. The number of carbonyl (C=O) groups is 3. The minimum absolute atomic E-state index is 0.0465. The number of ether oxygens (including phenoxy) is 1. The van der Waals surface area contributed by atoms with Gasteiger partial charge in [0.25, 0.3) is 17.5 Å². The van der Waals surface area contributed by atoms with Gasteiger partial charge in [0.1, 0.15) is 17.9 Å². The summed E-state index contributed by atoms with van der Waals surface area (Å²) in [4.78, 5) is 48.8. The van der Waals surface area contributed by atoms with Gasteiger partial charge in [0.15, 0.2) is 0 Å². The molecule has 0 radical (unpaired) electrons. The van der Waals surface area contributed by atoms with Gasteiger partial charge in [0.2, 0.25) is 0 Å². The maximum atomic E-state index is 13.0. The molecule has 11 heteroatoms. The lowest BCUT2D eigenvalue weighted by molar-refractivity contribution is -0.384. The minimum Gasteiger partial charge on any atom is -0.487 e. The van der Waals surface area contributed by atoms with Crippen LogP contribution in [0.4, 0.5) is 16.2 Å². The van der Waals surface area contributed by atoms with Gasteiger partial charge in [-0.1, -0.05) is 51.8 Å². The van der Waals surface area contributed by atoms with Gasteiger partial charge in [-0.15, -0.1) is 0 Å². The molecule has 4 amide bonds. The quantitative estimate of drug-likeness (QED) is 0.192. The van der Waals surface area contributed by atoms with Crippen LogP contribution in [-0.4, -0.2) is 22.8 Å². The zero-order valence-electron chi connectivity index (χ0n) is 17.7. The van der Waals surface area contributed by atoms with Gasteiger partial charge < -0.3 is 4.74 Å². The molecule has 0 unspecified atom stereocenters. The van der Waals surface area contributed by atoms with Crippen LogP contribution < -0.4 is 15.0 Å². The fourth-order valence-corrected chi connectivity index (χ4v) is 3.78. The van der Waals surface area contributed by atoms with E-state index in [0.717, 1.165) is 16.1 Å². The van der Waals surface area contributed by atoms with Crippen molar-refractivity contribution < 1.29 is 24.0 Å². The molecule has 0 atom stereocenters. The molecule has 1 N–H and O–H groups in total. The summed E-state index contributed by atoms with van der Waals surface area (Å²) in [5.74, 6) is -1.41. The predicted octanol–water partition coefficient (Wildman–Crippen LogP) is 5.26. The number of nitrogens with zero attached hydrogens (tertiary/aromatic N) is 2. The first kappa shape index (κ1) is 24.1. The van der Waals surface area contributed by atoms with Crippen molar-refractivity contribution in [2.75, 3.05) is 4.90 Å². The van der Waals surface area contributed by atoms with Gasteiger partial charge >= 0.3 is 6.03 Å². The lowest BCUT2D eigenvalue weighted by Gasteiger charge is -2.26. The van der Waals surface area contributed by atoms with E-state index >= 15 is 0 Å². The van der Waals surface area contributed by atoms with E-state index in [-0.39, 0.29) is 28.6 Å². The Kier molecular flexibility index (Phi) is 6.94. The highest BCUT2D eigenvalue weighted by atomic mass is 79.9. The Morgan fingerprint density at radius 1 is 1.06 bits per heavy atom. The number of hydrogen-bond acceptors (Lipinski definition) is 6. The summed E-state index contributed by atoms with van der Waals surface area (Å²) in [7, 11) is 0. The Labute approximate surface area is 212 Å². The van der Waals surface area contributed by atoms with E-state index in [1.807, 2.05) is 24.3 Å². The molecule has 0 bridgehead atoms. The van der Waals surface area contributed by atoms with Crippen molar-refractivity contribution in [3.05, 3.63) is 103 Å². The lowest BCUT2D eigenvalue weighted by atomic mass is 10.1. The third-order valence-corrected chi connectivity index (χ3v) is 5.80. The summed E-state index contributed by atoms with van der Waals surface area (Å²) in [5, 5.41) is 13.4. The topological polar surface area (TPSA) is 119 Å². The third-order valence-electron chi connectivity index (χ3n) is 4.97. The van der Waals surface area contributed by atoms with Crippen LogP contribution in [0.25, 0.3) is 6.08 Å². The molecule has 176 valence electrons. The molecule has 0 aromatic heterocycles. The van der Waals surface area contributed by atoms with Gasteiger partial charge in [0, 0.05) is 16.6 Å². The van der Waals surface area contributed by atoms with Gasteiger partial charge in [-0.2, -0.15) is 0 Å². The van der Waals surface area contributed by atoms with E-state index in [1.165, 1.54) is 30.3 Å². The van der Waals surface area contributed by atoms with Gasteiger partial charge in [-0.25, -0.2) is 9.69 Å². The Bertz CT molecular complexity index is 1390. The fourth-order valence-electron chi connectivity index (χ4n) is 3.27. The Morgan fingerprint density at radius 2 is 1.80 bits per heavy atom. The van der Waals surface area contributed by atoms with Crippen LogP contribution in [-0.2, 0) is 16.2 Å². The highest BCUT2D eigenvalue weighted by molar-refractivity contribution is 9.10. The van der Waals surface area contributed by atoms with E-state index in [2.05, 4.69) is 21.2 Å². The highest BCUT2D eigenvalue weighted by Gasteiger charge is 2.37. The van der Waals surface area contributed by atoms with E-state index in [4.69, 9.17) is 16.3 Å². The van der Waals surface area contributed by atoms with Crippen LogP contribution in [0.2, 0.25) is 5.02 Å². The molecule has 1 fully saturated rings. The number of nitro groups is 1. The first-order valence-electron chi connectivity index (χ1n) is 10.1. The summed E-state index contributed by atoms with van der Waals surface area (Å²) in [6.45, 7) is 0.286. The summed E-state index contributed by atoms with van der Waals surface area (Å²) in [6.07, 6.45) is 1.28. The first-order valence-corrected chi connectivity index (χ1v) is 11.2. The number of benzene rings is 3. The van der Waals surface area contributed by atoms with Gasteiger partial charge in [0.05, 0.1) is 15.6 Å². The van der Waals surface area contributed by atoms with E-state index in [9.17, 15) is 24.5 Å². The minimum atomic E-state index is -1.01. The number of nitro benzene ring substituents is 1. The van der Waals surface area contributed by atoms with Crippen LogP contribution in [0.1, 0.15) is 11.1 Å². The SMILES string of the molecule is O=C1NC(=O)N(c2cccc([N+](=O)[O-])c2)C(=O)/C1=C/c1ccc(OCc2ccc(Br)cc2)c(Cl)c1. The molecule has 1 aliphatic rings. The average molecular weight is 557 g/mol. The number of anilines is 1. The smallest absolute Gasteiger partial charge is 0.335 e. The average Bonchev–Trinajstić information content (AvgIpc) is 2.82. The number of urea groups is 1. The largest absolute Gasteiger partial charge is 0.487 e. The van der Waals surface area contributed by atoms with Crippen molar-refractivity contribution >= 4 is 62.8 Å². The number of barbiturate groups is 1. The second-order valence-corrected chi connectivity index (χ2v) is 8.66. The summed E-state index contributed by atoms with van der Waals surface area (Å²) in [6, 6.07) is 16.3. The first-order chi connectivity index (χ1) is 16.7. The number of amides is 4. The summed E-state index contributed by atoms with van der Waals surface area (Å²) < 4.78 is 6.70. The zero-order chi connectivity index (χ0) is 25.1. The maximum Gasteiger partial charge on any atom is 0.335 e. The van der Waals surface area contributed by atoms with Crippen molar-refractivity contribution in [1.29, 1.82) is 0 Å². The molecule has 0 spiro atoms. The molecule has 9 nitrogen and oxygen atoms in total. The number of rotatable bonds is 6. The van der Waals surface area contributed by atoms with Crippen molar-refractivity contribution in [2.45, 2.75) is 6.61 Å². The Morgan fingerprint density at radius 3 is 2.49 bits per heavy atom. The molecular formula is C24H15BrClN3O6. The maximum absolute atomic E-state index is 13.0. The third kappa shape index (κ3) is 5.39. The molecule has 3 aromatic carbocycles. The summed E-state index contributed by atoms with van der Waals surface area (Å²) in [5.41, 5.74) is 0.658. The molecule has 1 saturated heterocycles. The normalized spacial score (nSPS) is 14.7. The molecule has 4 rings (SSSR count). The summed E-state index contributed by atoms with van der Waals surface area (Å²) >= 11 is 9.70. The number of carbonyl (C=O) groups excluding carboxylic acids is 3. The molecule has 0 saturated carbocycles. The van der Waals surface area contributed by atoms with Crippen molar-refractivity contribution in [1.82, 2.24) is 5.32 Å². The standard InChI is InChI=1S/C24H15BrClN3O6/c25-16-7-4-14(5-8-16)13-35-21-9-6-15(11-20(21)26)10-19-22(30)27-24(32)28(23(19)31)17-2-1-3-18(12-17)29(33)34/h1-12H,13H2,(H,27,30,32)/b19-10+. The molecule has 35 heavy (non-hydrogen) atoms. The lowest BCUT2D eigenvalue weighted by Crippen LogP contribution is -2.54. The van der Waals surface area contributed by atoms with Crippen molar-refractivity contribution in [3.8, 4) is 5.75 Å². The number of nitrogens with one attached hydrogen (secondary N) is 1. The highest BCUT2D eigenvalue weighted by Crippen LogP contribution is 2.29.